The van der Waals surface area contributed by atoms with Gasteiger partial charge in [0.2, 0.25) is 0 Å². The summed E-state index contributed by atoms with van der Waals surface area (Å²) in [5.74, 6) is -0.433. The monoisotopic (exact) mass is 439 g/mol. The average molecular weight is 440 g/mol. The Morgan fingerprint density at radius 1 is 1.25 bits per heavy atom. The number of nitrogens with one attached hydrogen (secondary N) is 1. The molecule has 1 heterocycles. The van der Waals surface area contributed by atoms with Crippen LogP contribution in [0.3, 0.4) is 0 Å². The molecule has 0 bridgehead atoms. The van der Waals surface area contributed by atoms with Gasteiger partial charge in [-0.2, -0.15) is 0 Å². The first-order valence-corrected chi connectivity index (χ1v) is 11.5. The number of methoxy groups -OCH3 is 1. The highest BCUT2D eigenvalue weighted by Crippen LogP contribution is 2.32. The number of aryl methyl sites for hydroxylation is 1. The number of benzene rings is 1. The van der Waals surface area contributed by atoms with E-state index in [9.17, 15) is 9.59 Å². The van der Waals surface area contributed by atoms with Crippen LogP contribution >= 0.6 is 0 Å². The van der Waals surface area contributed by atoms with Crippen molar-refractivity contribution in [1.29, 1.82) is 0 Å². The quantitative estimate of drug-likeness (QED) is 0.554. The van der Waals surface area contributed by atoms with Crippen LogP contribution in [0.15, 0.2) is 24.4 Å². The van der Waals surface area contributed by atoms with Gasteiger partial charge in [0.1, 0.15) is 6.29 Å². The summed E-state index contributed by atoms with van der Waals surface area (Å²) in [5, 5.41) is 3.58. The number of carbonyl (C=O) groups excluding carboxylic acids is 2. The van der Waals surface area contributed by atoms with Crippen LogP contribution in [0.25, 0.3) is 5.69 Å². The fraction of sp³-hybridized carbons (Fsp3) is 0.538. The molecular weight excluding hydrogens is 402 g/mol. The third kappa shape index (κ3) is 5.41. The predicted octanol–water partition coefficient (Wildman–Crippen LogP) is 4.72. The number of amides is 1. The number of aromatic nitrogens is 1. The molecule has 174 valence electrons. The Hall–Kier alpha value is -2.60. The molecule has 32 heavy (non-hydrogen) atoms. The Labute approximate surface area is 191 Å². The van der Waals surface area contributed by atoms with Crippen molar-refractivity contribution in [1.82, 2.24) is 4.57 Å². The minimum Gasteiger partial charge on any atom is -0.382 e. The van der Waals surface area contributed by atoms with Gasteiger partial charge < -0.3 is 25.1 Å². The fourth-order valence-electron chi connectivity index (χ4n) is 4.65. The highest BCUT2D eigenvalue weighted by Gasteiger charge is 2.25. The fourth-order valence-corrected chi connectivity index (χ4v) is 4.65. The van der Waals surface area contributed by atoms with Gasteiger partial charge in [-0.15, -0.1) is 0 Å². The summed E-state index contributed by atoms with van der Waals surface area (Å²) < 4.78 is 7.67. The highest BCUT2D eigenvalue weighted by atomic mass is 16.5. The Morgan fingerprint density at radius 2 is 1.94 bits per heavy atom. The summed E-state index contributed by atoms with van der Waals surface area (Å²) in [6, 6.07) is 6.07. The maximum Gasteiger partial charge on any atom is 0.250 e. The zero-order chi connectivity index (χ0) is 23.5. The van der Waals surface area contributed by atoms with E-state index in [1.165, 1.54) is 16.8 Å². The van der Waals surface area contributed by atoms with E-state index in [0.29, 0.717) is 18.1 Å². The van der Waals surface area contributed by atoms with Crippen LogP contribution < -0.4 is 11.1 Å². The van der Waals surface area contributed by atoms with Crippen molar-refractivity contribution in [2.75, 3.05) is 12.4 Å². The third-order valence-electron chi connectivity index (χ3n) is 6.83. The maximum atomic E-state index is 12.1. The molecule has 1 aliphatic rings. The molecule has 1 saturated carbocycles. The van der Waals surface area contributed by atoms with Gasteiger partial charge in [-0.25, -0.2) is 0 Å². The van der Waals surface area contributed by atoms with Crippen LogP contribution in [0.4, 0.5) is 5.69 Å². The van der Waals surface area contributed by atoms with Gasteiger partial charge in [-0.3, -0.25) is 4.79 Å². The van der Waals surface area contributed by atoms with Gasteiger partial charge in [-0.05, 0) is 80.7 Å². The summed E-state index contributed by atoms with van der Waals surface area (Å²) in [6.45, 7) is 8.47. The zero-order valence-electron chi connectivity index (χ0n) is 20.0. The van der Waals surface area contributed by atoms with E-state index in [0.717, 1.165) is 49.8 Å². The molecule has 3 rings (SSSR count). The number of primary amides is 1. The predicted molar refractivity (Wildman–Crippen MR) is 129 cm³/mol. The van der Waals surface area contributed by atoms with E-state index < -0.39 is 5.91 Å². The standard InChI is InChI=1S/C26H37N3O3/c1-17-16-29(24(18(17)2)15-26(3,4)12-13-30)20-8-11-22(25(27)31)23(14-20)28-19-6-9-21(32-5)10-7-19/h8,11,13-14,16,19,21,28H,6-7,9-10,12,15H2,1-5H3,(H2,27,31). The lowest BCUT2D eigenvalue weighted by Crippen LogP contribution is -2.30. The van der Waals surface area contributed by atoms with Crippen molar-refractivity contribution in [2.24, 2.45) is 11.1 Å². The Balaban J connectivity index is 1.95. The molecule has 6 heteroatoms. The van der Waals surface area contributed by atoms with Gasteiger partial charge in [0, 0.05) is 42.8 Å². The molecule has 1 aromatic heterocycles. The Kier molecular flexibility index (Phi) is 7.44. The number of hydrogen-bond acceptors (Lipinski definition) is 4. The number of nitrogens with zero attached hydrogens (tertiary/aromatic N) is 1. The van der Waals surface area contributed by atoms with Crippen molar-refractivity contribution < 1.29 is 14.3 Å². The minimum atomic E-state index is -0.433. The SMILES string of the molecule is COC1CCC(Nc2cc(-n3cc(C)c(C)c3CC(C)(C)CC=O)ccc2C(N)=O)CC1. The molecule has 0 radical (unpaired) electrons. The summed E-state index contributed by atoms with van der Waals surface area (Å²) in [5.41, 5.74) is 11.4. The molecule has 1 fully saturated rings. The average Bonchev–Trinajstić information content (AvgIpc) is 3.02. The van der Waals surface area contributed by atoms with E-state index in [-0.39, 0.29) is 11.5 Å². The summed E-state index contributed by atoms with van der Waals surface area (Å²) >= 11 is 0. The first kappa shape index (κ1) is 24.1. The first-order valence-electron chi connectivity index (χ1n) is 11.5. The van der Waals surface area contributed by atoms with E-state index in [2.05, 4.69) is 43.8 Å². The number of carbonyl (C=O) groups is 2. The van der Waals surface area contributed by atoms with Crippen LogP contribution in [0.5, 0.6) is 0 Å². The minimum absolute atomic E-state index is 0.136. The van der Waals surface area contributed by atoms with E-state index in [4.69, 9.17) is 10.5 Å². The second-order valence-electron chi connectivity index (χ2n) is 9.91. The molecule has 1 aliphatic carbocycles. The van der Waals surface area contributed by atoms with Crippen LogP contribution in [0.1, 0.15) is 73.1 Å². The van der Waals surface area contributed by atoms with Crippen molar-refractivity contribution >= 4 is 17.9 Å². The molecule has 2 aromatic rings. The molecule has 0 atom stereocenters. The van der Waals surface area contributed by atoms with Gasteiger partial charge in [0.05, 0.1) is 11.7 Å². The molecule has 0 saturated heterocycles. The van der Waals surface area contributed by atoms with E-state index in [1.807, 2.05) is 18.2 Å². The molecule has 0 unspecified atom stereocenters. The maximum absolute atomic E-state index is 12.1. The number of ether oxygens (including phenoxy) is 1. The highest BCUT2D eigenvalue weighted by molar-refractivity contribution is 5.99. The van der Waals surface area contributed by atoms with Gasteiger partial charge in [0.15, 0.2) is 0 Å². The van der Waals surface area contributed by atoms with Crippen LogP contribution in [0.2, 0.25) is 0 Å². The molecule has 6 nitrogen and oxygen atoms in total. The third-order valence-corrected chi connectivity index (χ3v) is 6.83. The van der Waals surface area contributed by atoms with Crippen LogP contribution in [-0.2, 0) is 16.0 Å². The zero-order valence-corrected chi connectivity index (χ0v) is 20.0. The van der Waals surface area contributed by atoms with Crippen molar-refractivity contribution in [3.05, 3.63) is 46.8 Å². The molecule has 0 spiro atoms. The number of nitrogens with two attached hydrogens (primary N) is 1. The molecule has 1 amide bonds. The van der Waals surface area contributed by atoms with Crippen molar-refractivity contribution in [3.8, 4) is 5.69 Å². The van der Waals surface area contributed by atoms with Gasteiger partial charge >= 0.3 is 0 Å². The lowest BCUT2D eigenvalue weighted by molar-refractivity contribution is -0.109. The number of aldehydes is 1. The number of rotatable bonds is 9. The number of anilines is 1. The lowest BCUT2D eigenvalue weighted by atomic mass is 9.84. The topological polar surface area (TPSA) is 86.3 Å². The summed E-state index contributed by atoms with van der Waals surface area (Å²) in [7, 11) is 1.77. The van der Waals surface area contributed by atoms with Crippen LogP contribution in [-0.4, -0.2) is 36.0 Å². The number of hydrogen-bond donors (Lipinski definition) is 2. The van der Waals surface area contributed by atoms with E-state index >= 15 is 0 Å². The molecule has 0 aliphatic heterocycles. The van der Waals surface area contributed by atoms with E-state index in [1.54, 1.807) is 7.11 Å². The lowest BCUT2D eigenvalue weighted by Gasteiger charge is -2.29. The second-order valence-corrected chi connectivity index (χ2v) is 9.91. The molecule has 1 aromatic carbocycles. The van der Waals surface area contributed by atoms with Crippen LogP contribution in [0, 0.1) is 19.3 Å². The second kappa shape index (κ2) is 9.90. The molecule has 3 N–H and O–H groups in total. The van der Waals surface area contributed by atoms with Gasteiger partial charge in [-0.1, -0.05) is 13.8 Å². The van der Waals surface area contributed by atoms with Gasteiger partial charge in [0.25, 0.3) is 5.91 Å². The first-order chi connectivity index (χ1) is 15.1. The largest absolute Gasteiger partial charge is 0.382 e. The summed E-state index contributed by atoms with van der Waals surface area (Å²) in [4.78, 5) is 23.3. The van der Waals surface area contributed by atoms with Crippen molar-refractivity contribution in [2.45, 2.75) is 78.4 Å². The smallest absolute Gasteiger partial charge is 0.250 e. The normalized spacial score (nSPS) is 19.0. The van der Waals surface area contributed by atoms with Crippen molar-refractivity contribution in [3.63, 3.8) is 0 Å². The Morgan fingerprint density at radius 3 is 2.53 bits per heavy atom. The Bertz CT molecular complexity index is 969. The summed E-state index contributed by atoms with van der Waals surface area (Å²) in [6.07, 6.45) is 8.74. The molecular formula is C26H37N3O3.